The van der Waals surface area contributed by atoms with Gasteiger partial charge in [0.05, 0.1) is 6.54 Å². The lowest BCUT2D eigenvalue weighted by Crippen LogP contribution is -2.34. The summed E-state index contributed by atoms with van der Waals surface area (Å²) in [5.74, 6) is 0.929. The number of piperidine rings is 1. The van der Waals surface area contributed by atoms with Gasteiger partial charge in [0.2, 0.25) is 0 Å². The summed E-state index contributed by atoms with van der Waals surface area (Å²) in [6, 6.07) is 0. The Bertz CT molecular complexity index is 128. The molecule has 0 spiro atoms. The van der Waals surface area contributed by atoms with Crippen LogP contribution in [-0.4, -0.2) is 30.8 Å². The molecule has 1 fully saturated rings. The predicted molar refractivity (Wildman–Crippen MR) is 50.1 cm³/mol. The Hall–Kier alpha value is -0.370. The van der Waals surface area contributed by atoms with Gasteiger partial charge in [0, 0.05) is 0 Å². The molecule has 1 aliphatic heterocycles. The molecule has 0 N–H and O–H groups in total. The zero-order valence-corrected chi connectivity index (χ0v) is 7.96. The average molecular weight is 169 g/mol. The fraction of sp³-hybridized carbons (Fsp3) is 0.900. The lowest BCUT2D eigenvalue weighted by Gasteiger charge is -2.30. The van der Waals surface area contributed by atoms with Gasteiger partial charge < -0.3 is 4.79 Å². The lowest BCUT2D eigenvalue weighted by molar-refractivity contribution is -0.109. The molecule has 0 aromatic heterocycles. The van der Waals surface area contributed by atoms with E-state index in [-0.39, 0.29) is 0 Å². The molecule has 0 bridgehead atoms. The van der Waals surface area contributed by atoms with E-state index in [0.29, 0.717) is 6.54 Å². The minimum absolute atomic E-state index is 0.638. The lowest BCUT2D eigenvalue weighted by atomic mass is 9.93. The highest BCUT2D eigenvalue weighted by molar-refractivity contribution is 5.51. The third-order valence-corrected chi connectivity index (χ3v) is 2.74. The first-order valence-corrected chi connectivity index (χ1v) is 5.02. The first-order valence-electron chi connectivity index (χ1n) is 5.02. The van der Waals surface area contributed by atoms with E-state index < -0.39 is 0 Å². The van der Waals surface area contributed by atoms with Crippen LogP contribution in [0, 0.1) is 5.92 Å². The Labute approximate surface area is 74.9 Å². The maximum atomic E-state index is 10.2. The van der Waals surface area contributed by atoms with Gasteiger partial charge in [-0.05, 0) is 31.8 Å². The van der Waals surface area contributed by atoms with Crippen molar-refractivity contribution < 1.29 is 4.79 Å². The second-order valence-electron chi connectivity index (χ2n) is 3.70. The number of hydrogen-bond acceptors (Lipinski definition) is 2. The molecule has 1 rings (SSSR count). The molecule has 0 aliphatic carbocycles. The van der Waals surface area contributed by atoms with Gasteiger partial charge in [-0.3, -0.25) is 4.90 Å². The Morgan fingerprint density at radius 2 is 2.08 bits per heavy atom. The number of hydrogen-bond donors (Lipinski definition) is 0. The maximum absolute atomic E-state index is 10.2. The van der Waals surface area contributed by atoms with Gasteiger partial charge in [-0.25, -0.2) is 0 Å². The van der Waals surface area contributed by atoms with Crippen molar-refractivity contribution in [1.29, 1.82) is 0 Å². The van der Waals surface area contributed by atoms with Crippen LogP contribution in [0.5, 0.6) is 0 Å². The summed E-state index contributed by atoms with van der Waals surface area (Å²) < 4.78 is 0. The predicted octanol–water partition coefficient (Wildman–Crippen LogP) is 1.70. The topological polar surface area (TPSA) is 20.3 Å². The molecule has 12 heavy (non-hydrogen) atoms. The number of carbonyl (C=O) groups is 1. The summed E-state index contributed by atoms with van der Waals surface area (Å²) >= 11 is 0. The SMILES string of the molecule is CCCC1CCN(CC=O)CC1. The van der Waals surface area contributed by atoms with E-state index in [4.69, 9.17) is 0 Å². The van der Waals surface area contributed by atoms with Gasteiger partial charge in [0.15, 0.2) is 0 Å². The molecule has 0 aromatic carbocycles. The molecule has 0 unspecified atom stereocenters. The van der Waals surface area contributed by atoms with Crippen LogP contribution in [0.1, 0.15) is 32.6 Å². The smallest absolute Gasteiger partial charge is 0.133 e. The zero-order valence-electron chi connectivity index (χ0n) is 7.96. The van der Waals surface area contributed by atoms with E-state index >= 15 is 0 Å². The third-order valence-electron chi connectivity index (χ3n) is 2.74. The van der Waals surface area contributed by atoms with Crippen molar-refractivity contribution in [2.75, 3.05) is 19.6 Å². The molecule has 0 radical (unpaired) electrons. The first kappa shape index (κ1) is 9.72. The monoisotopic (exact) mass is 169 g/mol. The maximum Gasteiger partial charge on any atom is 0.133 e. The quantitative estimate of drug-likeness (QED) is 0.597. The Morgan fingerprint density at radius 3 is 2.58 bits per heavy atom. The van der Waals surface area contributed by atoms with Gasteiger partial charge in [-0.15, -0.1) is 0 Å². The minimum atomic E-state index is 0.638. The van der Waals surface area contributed by atoms with Gasteiger partial charge in [-0.2, -0.15) is 0 Å². The summed E-state index contributed by atoms with van der Waals surface area (Å²) in [6.45, 7) is 5.14. The second kappa shape index (κ2) is 5.31. The Balaban J connectivity index is 2.15. The summed E-state index contributed by atoms with van der Waals surface area (Å²) in [6.07, 6.45) is 6.27. The summed E-state index contributed by atoms with van der Waals surface area (Å²) in [4.78, 5) is 12.5. The Kier molecular flexibility index (Phi) is 4.30. The van der Waals surface area contributed by atoms with Crippen LogP contribution in [0.15, 0.2) is 0 Å². The molecule has 2 nitrogen and oxygen atoms in total. The van der Waals surface area contributed by atoms with Crippen LogP contribution < -0.4 is 0 Å². The highest BCUT2D eigenvalue weighted by atomic mass is 16.1. The highest BCUT2D eigenvalue weighted by Gasteiger charge is 2.17. The van der Waals surface area contributed by atoms with Crippen molar-refractivity contribution >= 4 is 6.29 Å². The summed E-state index contributed by atoms with van der Waals surface area (Å²) in [5.41, 5.74) is 0. The van der Waals surface area contributed by atoms with E-state index in [0.717, 1.165) is 25.3 Å². The van der Waals surface area contributed by atoms with Crippen LogP contribution in [-0.2, 0) is 4.79 Å². The molecule has 0 atom stereocenters. The minimum Gasteiger partial charge on any atom is -0.302 e. The van der Waals surface area contributed by atoms with Crippen molar-refractivity contribution in [1.82, 2.24) is 4.90 Å². The van der Waals surface area contributed by atoms with E-state index in [1.54, 1.807) is 0 Å². The standard InChI is InChI=1S/C10H19NO/c1-2-3-10-4-6-11(7-5-10)8-9-12/h9-10H,2-8H2,1H3. The normalized spacial score (nSPS) is 21.1. The number of nitrogens with zero attached hydrogens (tertiary/aromatic N) is 1. The number of aldehydes is 1. The largest absolute Gasteiger partial charge is 0.302 e. The number of likely N-dealkylation sites (tertiary alicyclic amines) is 1. The third kappa shape index (κ3) is 2.94. The van der Waals surface area contributed by atoms with E-state index in [1.807, 2.05) is 0 Å². The summed E-state index contributed by atoms with van der Waals surface area (Å²) in [7, 11) is 0. The van der Waals surface area contributed by atoms with Crippen molar-refractivity contribution in [3.63, 3.8) is 0 Å². The molecule has 2 heteroatoms. The fourth-order valence-corrected chi connectivity index (χ4v) is 1.97. The fourth-order valence-electron chi connectivity index (χ4n) is 1.97. The van der Waals surface area contributed by atoms with E-state index in [9.17, 15) is 4.79 Å². The highest BCUT2D eigenvalue weighted by Crippen LogP contribution is 2.20. The molecule has 1 saturated heterocycles. The van der Waals surface area contributed by atoms with Gasteiger partial charge in [0.25, 0.3) is 0 Å². The van der Waals surface area contributed by atoms with Crippen LogP contribution in [0.3, 0.4) is 0 Å². The Morgan fingerprint density at radius 1 is 1.42 bits per heavy atom. The van der Waals surface area contributed by atoms with Gasteiger partial charge in [0.1, 0.15) is 6.29 Å². The number of carbonyl (C=O) groups excluding carboxylic acids is 1. The van der Waals surface area contributed by atoms with Crippen molar-refractivity contribution in [3.05, 3.63) is 0 Å². The molecular formula is C10H19NO. The molecule has 70 valence electrons. The molecule has 0 aromatic rings. The molecule has 0 saturated carbocycles. The first-order chi connectivity index (χ1) is 5.86. The zero-order chi connectivity index (χ0) is 8.81. The number of rotatable bonds is 4. The molecule has 1 aliphatic rings. The van der Waals surface area contributed by atoms with E-state index in [1.165, 1.54) is 25.7 Å². The van der Waals surface area contributed by atoms with Crippen LogP contribution >= 0.6 is 0 Å². The van der Waals surface area contributed by atoms with Crippen molar-refractivity contribution in [2.45, 2.75) is 32.6 Å². The van der Waals surface area contributed by atoms with Crippen LogP contribution in [0.4, 0.5) is 0 Å². The average Bonchev–Trinajstić information content (AvgIpc) is 2.09. The molecule has 1 heterocycles. The summed E-state index contributed by atoms with van der Waals surface area (Å²) in [5, 5.41) is 0. The second-order valence-corrected chi connectivity index (χ2v) is 3.70. The van der Waals surface area contributed by atoms with Gasteiger partial charge in [-0.1, -0.05) is 19.8 Å². The van der Waals surface area contributed by atoms with E-state index in [2.05, 4.69) is 11.8 Å². The van der Waals surface area contributed by atoms with Crippen LogP contribution in [0.25, 0.3) is 0 Å². The molecule has 0 amide bonds. The van der Waals surface area contributed by atoms with Crippen LogP contribution in [0.2, 0.25) is 0 Å². The van der Waals surface area contributed by atoms with Crippen molar-refractivity contribution in [3.8, 4) is 0 Å². The molecular weight excluding hydrogens is 150 g/mol. The van der Waals surface area contributed by atoms with Gasteiger partial charge >= 0.3 is 0 Å². The van der Waals surface area contributed by atoms with Crippen molar-refractivity contribution in [2.24, 2.45) is 5.92 Å².